The molecule has 0 spiro atoms. The minimum absolute atomic E-state index is 0.0928. The van der Waals surface area contributed by atoms with Crippen molar-refractivity contribution >= 4 is 23.3 Å². The lowest BCUT2D eigenvalue weighted by molar-refractivity contribution is 0.136. The van der Waals surface area contributed by atoms with Gasteiger partial charge in [-0.2, -0.15) is 0 Å². The molecule has 2 rings (SSSR count). The Morgan fingerprint density at radius 1 is 1.41 bits per heavy atom. The van der Waals surface area contributed by atoms with Crippen LogP contribution in [0.15, 0.2) is 12.1 Å². The molecule has 1 atom stereocenters. The van der Waals surface area contributed by atoms with Gasteiger partial charge in [0, 0.05) is 24.7 Å². The summed E-state index contributed by atoms with van der Waals surface area (Å²) in [7, 11) is 0. The Kier molecular flexibility index (Phi) is 6.09. The number of aliphatic hydroxyl groups excluding tert-OH is 1. The van der Waals surface area contributed by atoms with Gasteiger partial charge in [-0.1, -0.05) is 31.5 Å². The highest BCUT2D eigenvalue weighted by Crippen LogP contribution is 2.30. The normalized spacial score (nSPS) is 18.4. The number of piperidine rings is 1. The van der Waals surface area contributed by atoms with Crippen LogP contribution in [0.1, 0.15) is 37.8 Å². The number of carbonyl (C=O) groups is 1. The number of hydrogen-bond donors (Lipinski definition) is 2. The Labute approximate surface area is 137 Å². The molecule has 1 saturated heterocycles. The van der Waals surface area contributed by atoms with Gasteiger partial charge in [-0.25, -0.2) is 4.79 Å². The van der Waals surface area contributed by atoms with Crippen molar-refractivity contribution < 1.29 is 9.90 Å². The van der Waals surface area contributed by atoms with E-state index >= 15 is 0 Å². The number of aryl methyl sites for hydroxylation is 1. The van der Waals surface area contributed by atoms with Crippen molar-refractivity contribution in [1.82, 2.24) is 4.90 Å². The first-order valence-electron chi connectivity index (χ1n) is 8.07. The third-order valence-electron chi connectivity index (χ3n) is 4.37. The van der Waals surface area contributed by atoms with E-state index in [4.69, 9.17) is 11.6 Å². The van der Waals surface area contributed by atoms with Gasteiger partial charge in [0.15, 0.2) is 0 Å². The number of rotatable bonds is 4. The second-order valence-corrected chi connectivity index (χ2v) is 6.24. The van der Waals surface area contributed by atoms with Gasteiger partial charge in [-0.15, -0.1) is 0 Å². The lowest BCUT2D eigenvalue weighted by atomic mass is 9.99. The number of aliphatic hydroxyl groups is 1. The summed E-state index contributed by atoms with van der Waals surface area (Å²) in [6.45, 7) is 5.61. The monoisotopic (exact) mass is 324 g/mol. The summed E-state index contributed by atoms with van der Waals surface area (Å²) in [5.74, 6) is 0.190. The fraction of sp³-hybridized carbons (Fsp3) is 0.588. The molecule has 1 fully saturated rings. The maximum atomic E-state index is 12.6. The summed E-state index contributed by atoms with van der Waals surface area (Å²) >= 11 is 6.28. The van der Waals surface area contributed by atoms with Gasteiger partial charge in [0.2, 0.25) is 0 Å². The fourth-order valence-corrected chi connectivity index (χ4v) is 3.34. The Balaban J connectivity index is 2.19. The zero-order valence-electron chi connectivity index (χ0n) is 13.4. The highest BCUT2D eigenvalue weighted by atomic mass is 35.5. The number of anilines is 1. The van der Waals surface area contributed by atoms with Crippen molar-refractivity contribution in [2.24, 2.45) is 5.92 Å². The van der Waals surface area contributed by atoms with Crippen LogP contribution in [0.25, 0.3) is 0 Å². The quantitative estimate of drug-likeness (QED) is 0.887. The second-order valence-electron chi connectivity index (χ2n) is 5.83. The summed E-state index contributed by atoms with van der Waals surface area (Å²) in [4.78, 5) is 14.4. The highest BCUT2D eigenvalue weighted by Gasteiger charge is 2.24. The van der Waals surface area contributed by atoms with Crippen molar-refractivity contribution in [2.45, 2.75) is 39.5 Å². The molecular formula is C17H25ClN2O2. The molecule has 122 valence electrons. The predicted octanol–water partition coefficient (Wildman–Crippen LogP) is 3.70. The number of halogens is 1. The number of benzene rings is 1. The van der Waals surface area contributed by atoms with Crippen LogP contribution in [0.3, 0.4) is 0 Å². The molecule has 0 saturated carbocycles. The number of amides is 2. The largest absolute Gasteiger partial charge is 0.396 e. The molecular weight excluding hydrogens is 300 g/mol. The first-order chi connectivity index (χ1) is 10.6. The van der Waals surface area contributed by atoms with Gasteiger partial charge >= 0.3 is 6.03 Å². The van der Waals surface area contributed by atoms with Crippen molar-refractivity contribution in [3.05, 3.63) is 28.3 Å². The molecule has 1 aliphatic heterocycles. The Hall–Kier alpha value is -1.26. The van der Waals surface area contributed by atoms with Crippen LogP contribution in [0, 0.1) is 5.92 Å². The maximum Gasteiger partial charge on any atom is 0.321 e. The minimum atomic E-state index is -0.0928. The van der Waals surface area contributed by atoms with Gasteiger partial charge in [0.25, 0.3) is 0 Å². The Morgan fingerprint density at radius 2 is 2.18 bits per heavy atom. The third-order valence-corrected chi connectivity index (χ3v) is 4.73. The second kappa shape index (κ2) is 7.84. The fourth-order valence-electron chi connectivity index (χ4n) is 3.05. The van der Waals surface area contributed by atoms with E-state index in [0.29, 0.717) is 11.6 Å². The standard InChI is InChI=1S/C17H25ClN2O2/c1-3-13-7-8-15(18)14(4-2)16(13)19-17(22)20-9-5-6-12(10-20)11-21/h7-8,12,21H,3-6,9-11H2,1-2H3,(H,19,22). The molecule has 1 aliphatic rings. The first kappa shape index (κ1) is 17.1. The van der Waals surface area contributed by atoms with Gasteiger partial charge in [0.1, 0.15) is 0 Å². The smallest absolute Gasteiger partial charge is 0.321 e. The van der Waals surface area contributed by atoms with Crippen LogP contribution >= 0.6 is 11.6 Å². The molecule has 1 unspecified atom stereocenters. The lowest BCUT2D eigenvalue weighted by Crippen LogP contribution is -2.43. The van der Waals surface area contributed by atoms with Crippen molar-refractivity contribution in [3.8, 4) is 0 Å². The van der Waals surface area contributed by atoms with E-state index in [1.807, 2.05) is 19.1 Å². The van der Waals surface area contributed by atoms with Gasteiger partial charge < -0.3 is 15.3 Å². The summed E-state index contributed by atoms with van der Waals surface area (Å²) in [6.07, 6.45) is 3.55. The minimum Gasteiger partial charge on any atom is -0.396 e. The highest BCUT2D eigenvalue weighted by molar-refractivity contribution is 6.31. The zero-order chi connectivity index (χ0) is 16.1. The van der Waals surface area contributed by atoms with Gasteiger partial charge in [0.05, 0.1) is 5.69 Å². The van der Waals surface area contributed by atoms with E-state index < -0.39 is 0 Å². The number of urea groups is 1. The molecule has 0 radical (unpaired) electrons. The molecule has 5 heteroatoms. The molecule has 0 bridgehead atoms. The van der Waals surface area contributed by atoms with Crippen molar-refractivity contribution in [3.63, 3.8) is 0 Å². The average Bonchev–Trinajstić information content (AvgIpc) is 2.55. The van der Waals surface area contributed by atoms with Crippen LogP contribution < -0.4 is 5.32 Å². The van der Waals surface area contributed by atoms with Crippen molar-refractivity contribution in [1.29, 1.82) is 0 Å². The molecule has 22 heavy (non-hydrogen) atoms. The van der Waals surface area contributed by atoms with E-state index in [0.717, 1.165) is 49.0 Å². The SMILES string of the molecule is CCc1ccc(Cl)c(CC)c1NC(=O)N1CCCC(CO)C1. The Morgan fingerprint density at radius 3 is 2.82 bits per heavy atom. The van der Waals surface area contributed by atoms with Crippen LogP contribution in [0.4, 0.5) is 10.5 Å². The van der Waals surface area contributed by atoms with Gasteiger partial charge in [-0.3, -0.25) is 0 Å². The van der Waals surface area contributed by atoms with Crippen molar-refractivity contribution in [2.75, 3.05) is 25.0 Å². The van der Waals surface area contributed by atoms with E-state index in [1.54, 1.807) is 4.90 Å². The number of carbonyl (C=O) groups excluding carboxylic acids is 1. The predicted molar refractivity (Wildman–Crippen MR) is 90.6 cm³/mol. The number of nitrogens with zero attached hydrogens (tertiary/aromatic N) is 1. The van der Waals surface area contributed by atoms with Gasteiger partial charge in [-0.05, 0) is 48.8 Å². The summed E-state index contributed by atoms with van der Waals surface area (Å²) in [5.41, 5.74) is 2.95. The number of likely N-dealkylation sites (tertiary alicyclic amines) is 1. The zero-order valence-corrected chi connectivity index (χ0v) is 14.1. The van der Waals surface area contributed by atoms with E-state index in [9.17, 15) is 9.90 Å². The number of hydrogen-bond acceptors (Lipinski definition) is 2. The first-order valence-corrected chi connectivity index (χ1v) is 8.45. The van der Waals surface area contributed by atoms with Crippen LogP contribution in [-0.2, 0) is 12.8 Å². The summed E-state index contributed by atoms with van der Waals surface area (Å²) in [6, 6.07) is 3.78. The maximum absolute atomic E-state index is 12.6. The molecule has 0 aromatic heterocycles. The van der Waals surface area contributed by atoms with E-state index in [-0.39, 0.29) is 18.6 Å². The summed E-state index contributed by atoms with van der Waals surface area (Å²) < 4.78 is 0. The molecule has 0 aliphatic carbocycles. The molecule has 4 nitrogen and oxygen atoms in total. The molecule has 2 amide bonds. The van der Waals surface area contributed by atoms with Crippen LogP contribution in [0.2, 0.25) is 5.02 Å². The average molecular weight is 325 g/mol. The van der Waals surface area contributed by atoms with Crippen LogP contribution in [0.5, 0.6) is 0 Å². The number of nitrogens with one attached hydrogen (secondary N) is 1. The molecule has 1 aromatic carbocycles. The lowest BCUT2D eigenvalue weighted by Gasteiger charge is -2.32. The van der Waals surface area contributed by atoms with Crippen LogP contribution in [-0.4, -0.2) is 35.7 Å². The van der Waals surface area contributed by atoms with E-state index in [2.05, 4.69) is 12.2 Å². The third kappa shape index (κ3) is 3.73. The summed E-state index contributed by atoms with van der Waals surface area (Å²) in [5, 5.41) is 13.1. The topological polar surface area (TPSA) is 52.6 Å². The Bertz CT molecular complexity index is 534. The molecule has 1 heterocycles. The molecule has 2 N–H and O–H groups in total. The van der Waals surface area contributed by atoms with E-state index in [1.165, 1.54) is 0 Å². The molecule has 1 aromatic rings.